The number of para-hydroxylation sites is 2. The first-order chi connectivity index (χ1) is 16.2. The summed E-state index contributed by atoms with van der Waals surface area (Å²) in [5, 5.41) is 11.7. The minimum Gasteiger partial charge on any atom is -0.395 e. The van der Waals surface area contributed by atoms with E-state index in [1.54, 1.807) is 30.0 Å². The zero-order valence-electron chi connectivity index (χ0n) is 18.9. The molecule has 0 radical (unpaired) electrons. The van der Waals surface area contributed by atoms with Crippen molar-refractivity contribution in [2.24, 2.45) is 0 Å². The van der Waals surface area contributed by atoms with Crippen molar-refractivity contribution in [2.75, 3.05) is 18.1 Å². The fourth-order valence-corrected chi connectivity index (χ4v) is 6.79. The van der Waals surface area contributed by atoms with Crippen LogP contribution in [-0.4, -0.2) is 37.3 Å². The summed E-state index contributed by atoms with van der Waals surface area (Å²) < 4.78 is 39.0. The van der Waals surface area contributed by atoms with Crippen LogP contribution in [0.5, 0.6) is 0 Å². The molecular weight excluding hydrogens is 492 g/mol. The van der Waals surface area contributed by atoms with E-state index in [4.69, 9.17) is 4.55 Å². The summed E-state index contributed by atoms with van der Waals surface area (Å²) in [7, 11) is -4.48. The molecule has 0 saturated carbocycles. The first kappa shape index (κ1) is 24.9. The van der Waals surface area contributed by atoms with Gasteiger partial charge >= 0.3 is 10.4 Å². The molecule has 3 aromatic rings. The number of thioether (sulfide) groups is 1. The van der Waals surface area contributed by atoms with Crippen molar-refractivity contribution in [1.82, 2.24) is 0 Å². The van der Waals surface area contributed by atoms with Gasteiger partial charge in [-0.15, -0.1) is 0 Å². The van der Waals surface area contributed by atoms with Crippen molar-refractivity contribution in [2.45, 2.75) is 37.8 Å². The number of nitrogens with zero attached hydrogens (tertiary/aromatic N) is 2. The van der Waals surface area contributed by atoms with E-state index in [1.807, 2.05) is 37.3 Å². The van der Waals surface area contributed by atoms with E-state index in [1.165, 1.54) is 4.90 Å². The first-order valence-electron chi connectivity index (χ1n) is 10.9. The maximum absolute atomic E-state index is 11.0. The molecule has 1 atom stereocenters. The summed E-state index contributed by atoms with van der Waals surface area (Å²) >= 11 is 3.35. The lowest BCUT2D eigenvalue weighted by molar-refractivity contribution is -0.670. The zero-order valence-corrected chi connectivity index (χ0v) is 21.4. The van der Waals surface area contributed by atoms with Crippen LogP contribution in [-0.2, 0) is 21.1 Å². The van der Waals surface area contributed by atoms with Crippen LogP contribution in [0.1, 0.15) is 25.3 Å². The van der Waals surface area contributed by atoms with Crippen LogP contribution in [0.2, 0.25) is 0 Å². The van der Waals surface area contributed by atoms with Crippen molar-refractivity contribution in [3.63, 3.8) is 0 Å². The van der Waals surface area contributed by atoms with E-state index in [9.17, 15) is 13.5 Å². The van der Waals surface area contributed by atoms with Crippen molar-refractivity contribution in [3.05, 3.63) is 70.2 Å². The quantitative estimate of drug-likeness (QED) is 0.314. The number of benzene rings is 2. The van der Waals surface area contributed by atoms with Crippen molar-refractivity contribution < 1.29 is 26.8 Å². The van der Waals surface area contributed by atoms with E-state index < -0.39 is 16.5 Å². The highest BCUT2D eigenvalue weighted by Crippen LogP contribution is 2.45. The van der Waals surface area contributed by atoms with Crippen LogP contribution in [0.4, 0.5) is 5.69 Å². The number of fused-ring (bicyclic) bond motifs is 2. The van der Waals surface area contributed by atoms with Gasteiger partial charge in [-0.2, -0.15) is 13.0 Å². The second-order valence-corrected chi connectivity index (χ2v) is 11.2. The van der Waals surface area contributed by atoms with Crippen LogP contribution in [0.15, 0.2) is 70.1 Å². The molecule has 1 aliphatic rings. The standard InChI is InChI=1S/C24H26N2O5S3/c1-17(16-24-26(13-14-27)20-8-4-6-10-22(20)33-24)15-23-25(12-11-18(2)31-34(28,29)30)19-7-3-5-9-21(19)32-23/h3-10,15-16,18,27H,11-14H2,1-2H3/p+1. The Morgan fingerprint density at radius 1 is 1.21 bits per heavy atom. The summed E-state index contributed by atoms with van der Waals surface area (Å²) in [6.07, 6.45) is 4.01. The van der Waals surface area contributed by atoms with Crippen LogP contribution in [0.3, 0.4) is 0 Å². The summed E-state index contributed by atoms with van der Waals surface area (Å²) in [6.45, 7) is 4.80. The number of anilines is 1. The minimum absolute atomic E-state index is 0.0646. The number of aliphatic hydroxyl groups is 1. The molecule has 0 saturated heterocycles. The molecule has 7 nitrogen and oxygen atoms in total. The molecule has 1 aliphatic heterocycles. The van der Waals surface area contributed by atoms with Gasteiger partial charge in [0.25, 0.3) is 5.01 Å². The monoisotopic (exact) mass is 519 g/mol. The second kappa shape index (κ2) is 10.6. The number of thiazole rings is 1. The Morgan fingerprint density at radius 2 is 1.94 bits per heavy atom. The van der Waals surface area contributed by atoms with Gasteiger partial charge in [0.2, 0.25) is 5.52 Å². The molecular formula is C24H27N2O5S3+. The Hall–Kier alpha value is -2.21. The minimum atomic E-state index is -4.48. The van der Waals surface area contributed by atoms with Gasteiger partial charge in [-0.3, -0.25) is 4.55 Å². The van der Waals surface area contributed by atoms with Crippen LogP contribution >= 0.6 is 23.1 Å². The van der Waals surface area contributed by atoms with Gasteiger partial charge in [-0.1, -0.05) is 47.4 Å². The second-order valence-electron chi connectivity index (χ2n) is 8.00. The van der Waals surface area contributed by atoms with E-state index in [0.717, 1.165) is 31.5 Å². The lowest BCUT2D eigenvalue weighted by Crippen LogP contribution is -2.37. The molecule has 1 aromatic heterocycles. The third kappa shape index (κ3) is 5.88. The van der Waals surface area contributed by atoms with Crippen molar-refractivity contribution >= 4 is 55.5 Å². The molecule has 4 rings (SSSR count). The van der Waals surface area contributed by atoms with Crippen LogP contribution in [0.25, 0.3) is 16.3 Å². The normalized spacial score (nSPS) is 16.4. The third-order valence-corrected chi connectivity index (χ3v) is 8.14. The Balaban J connectivity index is 1.63. The van der Waals surface area contributed by atoms with Gasteiger partial charge < -0.3 is 10.0 Å². The number of aliphatic hydroxyl groups excluding tert-OH is 1. The van der Waals surface area contributed by atoms with Gasteiger partial charge in [0.05, 0.1) is 23.4 Å². The highest BCUT2D eigenvalue weighted by Gasteiger charge is 2.25. The number of hydrogen-bond donors (Lipinski definition) is 2. The Bertz CT molecular complexity index is 1350. The molecule has 0 fully saturated rings. The molecule has 34 heavy (non-hydrogen) atoms. The van der Waals surface area contributed by atoms with E-state index in [-0.39, 0.29) is 6.61 Å². The average molecular weight is 520 g/mol. The average Bonchev–Trinajstić information content (AvgIpc) is 3.29. The van der Waals surface area contributed by atoms with E-state index >= 15 is 0 Å². The highest BCUT2D eigenvalue weighted by molar-refractivity contribution is 8.03. The smallest absolute Gasteiger partial charge is 0.395 e. The third-order valence-electron chi connectivity index (χ3n) is 5.34. The van der Waals surface area contributed by atoms with Crippen LogP contribution < -0.4 is 9.47 Å². The van der Waals surface area contributed by atoms with E-state index in [0.29, 0.717) is 19.5 Å². The maximum atomic E-state index is 11.0. The number of aryl methyl sites for hydroxylation is 1. The predicted molar refractivity (Wildman–Crippen MR) is 137 cm³/mol. The van der Waals surface area contributed by atoms with Crippen molar-refractivity contribution in [3.8, 4) is 0 Å². The molecule has 2 aromatic carbocycles. The number of allylic oxidation sites excluding steroid dienone is 2. The van der Waals surface area contributed by atoms with Crippen molar-refractivity contribution in [1.29, 1.82) is 0 Å². The van der Waals surface area contributed by atoms with Gasteiger partial charge in [0.15, 0.2) is 6.54 Å². The number of hydrogen-bond acceptors (Lipinski definition) is 7. The Labute approximate surface area is 207 Å². The highest BCUT2D eigenvalue weighted by atomic mass is 32.3. The Morgan fingerprint density at radius 3 is 2.71 bits per heavy atom. The number of rotatable bonds is 9. The molecule has 0 bridgehead atoms. The molecule has 180 valence electrons. The lowest BCUT2D eigenvalue weighted by atomic mass is 10.2. The fourth-order valence-electron chi connectivity index (χ4n) is 3.88. The topological polar surface area (TPSA) is 91.0 Å². The summed E-state index contributed by atoms with van der Waals surface area (Å²) in [4.78, 5) is 3.30. The summed E-state index contributed by atoms with van der Waals surface area (Å²) in [6, 6.07) is 16.2. The van der Waals surface area contributed by atoms with Gasteiger partial charge in [0, 0.05) is 30.0 Å². The number of aromatic nitrogens is 1. The van der Waals surface area contributed by atoms with Crippen LogP contribution in [0, 0.1) is 0 Å². The van der Waals surface area contributed by atoms with Gasteiger partial charge in [-0.25, -0.2) is 4.18 Å². The Kier molecular flexibility index (Phi) is 7.76. The van der Waals surface area contributed by atoms with E-state index in [2.05, 4.69) is 44.0 Å². The lowest BCUT2D eigenvalue weighted by Gasteiger charge is -2.19. The zero-order chi connectivity index (χ0) is 24.3. The SMILES string of the molecule is CC(/C=C1\Sc2ccccc2N1CCO)=C\c1sc2ccccc2[n+]1CCC(C)OS(=O)(=O)O. The summed E-state index contributed by atoms with van der Waals surface area (Å²) in [5.41, 5.74) is 3.22. The maximum Gasteiger partial charge on any atom is 0.397 e. The predicted octanol–water partition coefficient (Wildman–Crippen LogP) is 4.64. The number of β-amino-alcohol motifs (C(OH)–C–C–N with tert-alkyl or cyclic N) is 1. The molecule has 0 spiro atoms. The summed E-state index contributed by atoms with van der Waals surface area (Å²) in [5.74, 6) is 0. The van der Waals surface area contributed by atoms with Gasteiger partial charge in [-0.05, 0) is 43.7 Å². The molecule has 0 aliphatic carbocycles. The largest absolute Gasteiger partial charge is 0.397 e. The molecule has 0 amide bonds. The molecule has 2 N–H and O–H groups in total. The molecule has 10 heteroatoms. The molecule has 2 heterocycles. The fraction of sp³-hybridized carbons (Fsp3) is 0.292. The first-order valence-corrected chi connectivity index (χ1v) is 13.9. The molecule has 1 unspecified atom stereocenters. The van der Waals surface area contributed by atoms with Gasteiger partial charge in [0.1, 0.15) is 4.70 Å².